The van der Waals surface area contributed by atoms with Crippen molar-refractivity contribution in [3.05, 3.63) is 58.1 Å². The van der Waals surface area contributed by atoms with E-state index in [9.17, 15) is 5.26 Å². The number of H-pyrrole nitrogens is 1. The average Bonchev–Trinajstić information content (AvgIpc) is 3.19. The van der Waals surface area contributed by atoms with Crippen LogP contribution in [0.25, 0.3) is 11.6 Å². The third-order valence-electron chi connectivity index (χ3n) is 2.93. The van der Waals surface area contributed by atoms with Gasteiger partial charge in [-0.1, -0.05) is 29.3 Å². The lowest BCUT2D eigenvalue weighted by Crippen LogP contribution is -2.01. The number of aromatic nitrogens is 6. The lowest BCUT2D eigenvalue weighted by molar-refractivity contribution is 0.655. The molecule has 2 aromatic heterocycles. The van der Waals surface area contributed by atoms with Crippen LogP contribution in [0.5, 0.6) is 0 Å². The summed E-state index contributed by atoms with van der Waals surface area (Å²) in [5, 5.41) is 21.1. The molecule has 0 fully saturated rings. The second-order valence-electron chi connectivity index (χ2n) is 4.53. The van der Waals surface area contributed by atoms with Crippen LogP contribution in [-0.2, 0) is 6.54 Å². The van der Waals surface area contributed by atoms with Gasteiger partial charge >= 0.3 is 0 Å². The summed E-state index contributed by atoms with van der Waals surface area (Å²) in [6.45, 7) is 0.382. The van der Waals surface area contributed by atoms with Crippen molar-refractivity contribution in [1.29, 1.82) is 5.26 Å². The van der Waals surface area contributed by atoms with Crippen LogP contribution >= 0.6 is 23.2 Å². The first-order valence-corrected chi connectivity index (χ1v) is 7.22. The lowest BCUT2D eigenvalue weighted by atomic mass is 10.1. The van der Waals surface area contributed by atoms with E-state index >= 15 is 0 Å². The Kier molecular flexibility index (Phi) is 4.37. The van der Waals surface area contributed by atoms with Crippen LogP contribution in [0, 0.1) is 11.3 Å². The van der Waals surface area contributed by atoms with Gasteiger partial charge in [-0.15, -0.1) is 0 Å². The quantitative estimate of drug-likeness (QED) is 0.733. The molecule has 0 aliphatic heterocycles. The summed E-state index contributed by atoms with van der Waals surface area (Å²) in [5.41, 5.74) is 0.950. The number of rotatable bonds is 4. The Morgan fingerprint density at radius 2 is 2.26 bits per heavy atom. The zero-order valence-electron chi connectivity index (χ0n) is 11.6. The van der Waals surface area contributed by atoms with Gasteiger partial charge in [0.1, 0.15) is 31.1 Å². The Balaban J connectivity index is 1.88. The fourth-order valence-electron chi connectivity index (χ4n) is 1.88. The molecule has 0 spiro atoms. The molecule has 1 aromatic carbocycles. The topological polar surface area (TPSA) is 96.1 Å². The number of benzene rings is 1. The van der Waals surface area contributed by atoms with Crippen LogP contribution in [0.15, 0.2) is 30.9 Å². The van der Waals surface area contributed by atoms with Crippen LogP contribution < -0.4 is 0 Å². The van der Waals surface area contributed by atoms with E-state index in [1.165, 1.54) is 6.33 Å². The summed E-state index contributed by atoms with van der Waals surface area (Å²) >= 11 is 12.0. The Bertz CT molecular complexity index is 890. The van der Waals surface area contributed by atoms with Crippen molar-refractivity contribution < 1.29 is 0 Å². The smallest absolute Gasteiger partial charge is 0.191 e. The van der Waals surface area contributed by atoms with E-state index < -0.39 is 0 Å². The predicted molar refractivity (Wildman–Crippen MR) is 85.5 cm³/mol. The minimum Gasteiger partial charge on any atom is -0.261 e. The van der Waals surface area contributed by atoms with Crippen LogP contribution in [0.1, 0.15) is 17.2 Å². The second-order valence-corrected chi connectivity index (χ2v) is 5.38. The monoisotopic (exact) mass is 345 g/mol. The zero-order valence-corrected chi connectivity index (χ0v) is 13.1. The van der Waals surface area contributed by atoms with Gasteiger partial charge in [-0.05, 0) is 23.8 Å². The van der Waals surface area contributed by atoms with E-state index in [4.69, 9.17) is 23.2 Å². The maximum Gasteiger partial charge on any atom is 0.191 e. The third kappa shape index (κ3) is 3.56. The molecule has 3 aromatic rings. The number of aromatic amines is 1. The second kappa shape index (κ2) is 6.60. The average molecular weight is 346 g/mol. The van der Waals surface area contributed by atoms with Crippen molar-refractivity contribution in [3.8, 4) is 6.07 Å². The van der Waals surface area contributed by atoms with Crippen LogP contribution in [0.4, 0.5) is 0 Å². The highest BCUT2D eigenvalue weighted by molar-refractivity contribution is 6.35. The van der Waals surface area contributed by atoms with Crippen molar-refractivity contribution in [2.24, 2.45) is 0 Å². The first-order chi connectivity index (χ1) is 11.2. The minimum absolute atomic E-state index is 0.286. The summed E-state index contributed by atoms with van der Waals surface area (Å²) in [6.07, 6.45) is 4.61. The molecule has 3 rings (SSSR count). The minimum atomic E-state index is 0.286. The Morgan fingerprint density at radius 1 is 1.39 bits per heavy atom. The van der Waals surface area contributed by atoms with Crippen LogP contribution in [0.2, 0.25) is 10.0 Å². The molecule has 0 bridgehead atoms. The van der Waals surface area contributed by atoms with E-state index in [1.807, 2.05) is 0 Å². The van der Waals surface area contributed by atoms with Gasteiger partial charge in [-0.2, -0.15) is 15.5 Å². The highest BCUT2D eigenvalue weighted by Crippen LogP contribution is 2.24. The summed E-state index contributed by atoms with van der Waals surface area (Å²) in [4.78, 5) is 8.13. The summed E-state index contributed by atoms with van der Waals surface area (Å²) in [6, 6.07) is 7.10. The maximum atomic E-state index is 9.34. The van der Waals surface area contributed by atoms with Gasteiger partial charge in [0.2, 0.25) is 0 Å². The molecule has 0 atom stereocenters. The molecule has 0 radical (unpaired) electrons. The lowest BCUT2D eigenvalue weighted by Gasteiger charge is -1.99. The molecule has 0 aliphatic rings. The Morgan fingerprint density at radius 3 is 2.96 bits per heavy atom. The molecular weight excluding hydrogens is 337 g/mol. The summed E-state index contributed by atoms with van der Waals surface area (Å²) in [7, 11) is 0. The number of nitriles is 1. The van der Waals surface area contributed by atoms with E-state index in [2.05, 4.69) is 31.3 Å². The summed E-state index contributed by atoms with van der Waals surface area (Å²) < 4.78 is 1.59. The zero-order chi connectivity index (χ0) is 16.2. The molecule has 0 unspecified atom stereocenters. The van der Waals surface area contributed by atoms with E-state index in [-0.39, 0.29) is 11.4 Å². The maximum absolute atomic E-state index is 9.34. The molecule has 2 heterocycles. The van der Waals surface area contributed by atoms with Gasteiger partial charge < -0.3 is 0 Å². The van der Waals surface area contributed by atoms with Crippen molar-refractivity contribution in [1.82, 2.24) is 29.9 Å². The number of allylic oxidation sites excluding steroid dienone is 1. The number of hydrogen-bond acceptors (Lipinski definition) is 5. The van der Waals surface area contributed by atoms with Gasteiger partial charge in [0, 0.05) is 10.0 Å². The van der Waals surface area contributed by atoms with Crippen LogP contribution in [0.3, 0.4) is 0 Å². The van der Waals surface area contributed by atoms with Gasteiger partial charge in [0.15, 0.2) is 5.82 Å². The Hall–Kier alpha value is -2.69. The molecule has 0 saturated carbocycles. The van der Waals surface area contributed by atoms with Crippen molar-refractivity contribution >= 4 is 34.9 Å². The molecule has 0 saturated heterocycles. The Labute approximate surface area is 141 Å². The highest BCUT2D eigenvalue weighted by atomic mass is 35.5. The molecule has 114 valence electrons. The number of halogens is 2. The van der Waals surface area contributed by atoms with Gasteiger partial charge in [0.05, 0.1) is 5.57 Å². The van der Waals surface area contributed by atoms with Crippen molar-refractivity contribution in [3.63, 3.8) is 0 Å². The van der Waals surface area contributed by atoms with Gasteiger partial charge in [-0.3, -0.25) is 5.10 Å². The first kappa shape index (κ1) is 15.2. The number of nitrogens with one attached hydrogen (secondary N) is 1. The summed E-state index contributed by atoms with van der Waals surface area (Å²) in [5.74, 6) is 0.850. The van der Waals surface area contributed by atoms with Gasteiger partial charge in [0.25, 0.3) is 0 Å². The van der Waals surface area contributed by atoms with Crippen LogP contribution in [-0.4, -0.2) is 29.9 Å². The molecule has 23 heavy (non-hydrogen) atoms. The predicted octanol–water partition coefficient (Wildman–Crippen LogP) is 2.82. The van der Waals surface area contributed by atoms with E-state index in [1.54, 1.807) is 35.3 Å². The van der Waals surface area contributed by atoms with Crippen molar-refractivity contribution in [2.75, 3.05) is 0 Å². The molecule has 1 N–H and O–H groups in total. The molecular formula is C14H9Cl2N7. The fourth-order valence-corrected chi connectivity index (χ4v) is 2.34. The SMILES string of the molecule is N#C/C(=C/c1ccc(Cl)cc1Cl)c1n[nH]c(Cn2cncn2)n1. The number of hydrogen-bond donors (Lipinski definition) is 1. The first-order valence-electron chi connectivity index (χ1n) is 6.46. The molecule has 9 heteroatoms. The van der Waals surface area contributed by atoms with E-state index in [0.717, 1.165) is 0 Å². The largest absolute Gasteiger partial charge is 0.261 e. The van der Waals surface area contributed by atoms with E-state index in [0.29, 0.717) is 28.0 Å². The van der Waals surface area contributed by atoms with Gasteiger partial charge in [-0.25, -0.2) is 14.6 Å². The molecule has 0 amide bonds. The van der Waals surface area contributed by atoms with Crippen molar-refractivity contribution in [2.45, 2.75) is 6.54 Å². The fraction of sp³-hybridized carbons (Fsp3) is 0.0714. The highest BCUT2D eigenvalue weighted by Gasteiger charge is 2.10. The third-order valence-corrected chi connectivity index (χ3v) is 3.50. The standard InChI is InChI=1S/C14H9Cl2N7/c15-11-2-1-9(12(16)4-11)3-10(5-17)14-20-13(21-22-14)6-23-8-18-7-19-23/h1-4,7-8H,6H2,(H,20,21,22)/b10-3-. The normalized spacial score (nSPS) is 11.4. The number of nitrogens with zero attached hydrogens (tertiary/aromatic N) is 6. The molecule has 7 nitrogen and oxygen atoms in total. The molecule has 0 aliphatic carbocycles.